The SMILES string of the molecule is CC(C)C[C@H](CO[Si](C)(C)C(C)(C)C)N=CC(F)(F)F. The van der Waals surface area contributed by atoms with Gasteiger partial charge in [0.25, 0.3) is 0 Å². The van der Waals surface area contributed by atoms with Crippen LogP contribution in [0.2, 0.25) is 18.1 Å². The van der Waals surface area contributed by atoms with Crippen molar-refractivity contribution in [2.75, 3.05) is 6.61 Å². The van der Waals surface area contributed by atoms with Gasteiger partial charge in [0.1, 0.15) is 6.21 Å². The molecule has 0 radical (unpaired) electrons. The smallest absolute Gasteiger partial charge is 0.415 e. The van der Waals surface area contributed by atoms with Crippen LogP contribution in [0.4, 0.5) is 13.2 Å². The van der Waals surface area contributed by atoms with Crippen molar-refractivity contribution in [1.29, 1.82) is 0 Å². The summed E-state index contributed by atoms with van der Waals surface area (Å²) >= 11 is 0. The van der Waals surface area contributed by atoms with E-state index >= 15 is 0 Å². The van der Waals surface area contributed by atoms with Crippen LogP contribution in [-0.4, -0.2) is 33.4 Å². The Bertz CT molecular complexity index is 319. The molecule has 0 saturated carbocycles. The summed E-state index contributed by atoms with van der Waals surface area (Å²) in [6.07, 6.45) is -3.66. The highest BCUT2D eigenvalue weighted by Crippen LogP contribution is 2.36. The second kappa shape index (κ2) is 7.07. The monoisotopic (exact) mass is 311 g/mol. The lowest BCUT2D eigenvalue weighted by Gasteiger charge is -2.37. The van der Waals surface area contributed by atoms with Crippen LogP contribution in [0.5, 0.6) is 0 Å². The van der Waals surface area contributed by atoms with Crippen LogP contribution in [0.3, 0.4) is 0 Å². The zero-order chi connectivity index (χ0) is 16.2. The Morgan fingerprint density at radius 2 is 1.65 bits per heavy atom. The van der Waals surface area contributed by atoms with Crippen LogP contribution in [0.15, 0.2) is 4.99 Å². The second-order valence-corrected chi connectivity index (χ2v) is 12.0. The highest BCUT2D eigenvalue weighted by Gasteiger charge is 2.37. The first-order valence-corrected chi connectivity index (χ1v) is 9.90. The molecule has 0 aromatic heterocycles. The van der Waals surface area contributed by atoms with Crippen LogP contribution in [-0.2, 0) is 4.43 Å². The van der Waals surface area contributed by atoms with Crippen molar-refractivity contribution in [3.63, 3.8) is 0 Å². The van der Waals surface area contributed by atoms with Crippen molar-refractivity contribution in [1.82, 2.24) is 0 Å². The predicted molar refractivity (Wildman–Crippen MR) is 80.9 cm³/mol. The first-order valence-electron chi connectivity index (χ1n) is 6.99. The third-order valence-corrected chi connectivity index (χ3v) is 8.12. The quantitative estimate of drug-likeness (QED) is 0.496. The maximum absolute atomic E-state index is 12.2. The van der Waals surface area contributed by atoms with E-state index in [4.69, 9.17) is 4.43 Å². The average Bonchev–Trinajstić information content (AvgIpc) is 2.18. The van der Waals surface area contributed by atoms with Crippen molar-refractivity contribution < 1.29 is 17.6 Å². The lowest BCUT2D eigenvalue weighted by Crippen LogP contribution is -2.42. The Kier molecular flexibility index (Phi) is 6.94. The summed E-state index contributed by atoms with van der Waals surface area (Å²) < 4.78 is 42.7. The van der Waals surface area contributed by atoms with Gasteiger partial charge in [0, 0.05) is 0 Å². The minimum absolute atomic E-state index is 0.0448. The van der Waals surface area contributed by atoms with Crippen LogP contribution in [0, 0.1) is 5.92 Å². The molecule has 0 aromatic rings. The van der Waals surface area contributed by atoms with Crippen molar-refractivity contribution >= 4 is 14.5 Å². The summed E-state index contributed by atoms with van der Waals surface area (Å²) in [4.78, 5) is 3.67. The summed E-state index contributed by atoms with van der Waals surface area (Å²) in [7, 11) is -1.95. The van der Waals surface area contributed by atoms with Gasteiger partial charge in [-0.25, -0.2) is 0 Å². The Morgan fingerprint density at radius 1 is 1.15 bits per heavy atom. The topological polar surface area (TPSA) is 21.6 Å². The molecule has 0 saturated heterocycles. The molecule has 0 bridgehead atoms. The van der Waals surface area contributed by atoms with Gasteiger partial charge in [0.15, 0.2) is 8.32 Å². The van der Waals surface area contributed by atoms with Gasteiger partial charge in [-0.05, 0) is 30.5 Å². The summed E-state index contributed by atoms with van der Waals surface area (Å²) in [5.41, 5.74) is 0. The predicted octanol–water partition coefficient (Wildman–Crippen LogP) is 5.06. The number of alkyl halides is 3. The standard InChI is InChI=1S/C14H28F3NOSi/c1-11(2)8-12(18-10-14(15,16)17)9-19-20(6,7)13(3,4)5/h10-12H,8-9H2,1-7H3/t12-/m1/s1. The fourth-order valence-electron chi connectivity index (χ4n) is 1.43. The molecule has 0 N–H and O–H groups in total. The molecule has 0 unspecified atom stereocenters. The van der Waals surface area contributed by atoms with E-state index in [1.807, 2.05) is 13.8 Å². The van der Waals surface area contributed by atoms with Gasteiger partial charge >= 0.3 is 6.18 Å². The maximum Gasteiger partial charge on any atom is 0.426 e. The summed E-state index contributed by atoms with van der Waals surface area (Å²) in [6.45, 7) is 14.7. The fourth-order valence-corrected chi connectivity index (χ4v) is 2.47. The van der Waals surface area contributed by atoms with Gasteiger partial charge < -0.3 is 4.43 Å². The Hall–Kier alpha value is -0.363. The normalized spacial score (nSPS) is 16.1. The van der Waals surface area contributed by atoms with E-state index in [9.17, 15) is 13.2 Å². The second-order valence-electron chi connectivity index (χ2n) is 7.17. The van der Waals surface area contributed by atoms with Gasteiger partial charge in [-0.3, -0.25) is 4.99 Å². The Morgan fingerprint density at radius 3 is 2.00 bits per heavy atom. The number of hydrogen-bond donors (Lipinski definition) is 0. The highest BCUT2D eigenvalue weighted by molar-refractivity contribution is 6.74. The van der Waals surface area contributed by atoms with Crippen LogP contribution < -0.4 is 0 Å². The van der Waals surface area contributed by atoms with E-state index < -0.39 is 20.5 Å². The molecular weight excluding hydrogens is 283 g/mol. The van der Waals surface area contributed by atoms with E-state index in [2.05, 4.69) is 38.9 Å². The number of aliphatic imine (C=N–C) groups is 1. The van der Waals surface area contributed by atoms with Gasteiger partial charge in [0.05, 0.1) is 12.6 Å². The molecule has 120 valence electrons. The molecule has 2 nitrogen and oxygen atoms in total. The number of halogens is 3. The molecule has 0 aliphatic carbocycles. The van der Waals surface area contributed by atoms with E-state index in [-0.39, 0.29) is 23.8 Å². The van der Waals surface area contributed by atoms with Gasteiger partial charge in [-0.1, -0.05) is 34.6 Å². The Labute approximate surface area is 121 Å². The number of rotatable bonds is 6. The zero-order valence-electron chi connectivity index (χ0n) is 13.6. The molecule has 1 atom stereocenters. The molecule has 0 aliphatic rings. The molecule has 0 aromatic carbocycles. The van der Waals surface area contributed by atoms with E-state index in [1.54, 1.807) is 0 Å². The molecule has 0 rings (SSSR count). The molecule has 0 aliphatic heterocycles. The van der Waals surface area contributed by atoms with E-state index in [0.717, 1.165) is 0 Å². The third kappa shape index (κ3) is 8.04. The van der Waals surface area contributed by atoms with E-state index in [1.165, 1.54) is 0 Å². The van der Waals surface area contributed by atoms with Gasteiger partial charge in [-0.2, -0.15) is 13.2 Å². The van der Waals surface area contributed by atoms with Crippen LogP contribution in [0.1, 0.15) is 41.0 Å². The minimum atomic E-state index is -4.35. The van der Waals surface area contributed by atoms with Gasteiger partial charge in [0.2, 0.25) is 0 Å². The maximum atomic E-state index is 12.2. The zero-order valence-corrected chi connectivity index (χ0v) is 14.6. The number of hydrogen-bond acceptors (Lipinski definition) is 2. The van der Waals surface area contributed by atoms with E-state index in [0.29, 0.717) is 6.42 Å². The molecular formula is C14H28F3NOSi. The average molecular weight is 311 g/mol. The van der Waals surface area contributed by atoms with Crippen LogP contribution in [0.25, 0.3) is 0 Å². The number of nitrogens with zero attached hydrogens (tertiary/aromatic N) is 1. The van der Waals surface area contributed by atoms with Crippen molar-refractivity contribution in [3.8, 4) is 0 Å². The third-order valence-electron chi connectivity index (χ3n) is 3.62. The molecule has 0 heterocycles. The molecule has 0 spiro atoms. The lowest BCUT2D eigenvalue weighted by molar-refractivity contribution is -0.0540. The van der Waals surface area contributed by atoms with Crippen molar-refractivity contribution in [2.24, 2.45) is 10.9 Å². The largest absolute Gasteiger partial charge is 0.426 e. The van der Waals surface area contributed by atoms with Crippen molar-refractivity contribution in [2.45, 2.75) is 71.4 Å². The molecule has 0 amide bonds. The van der Waals surface area contributed by atoms with Crippen molar-refractivity contribution in [3.05, 3.63) is 0 Å². The minimum Gasteiger partial charge on any atom is -0.415 e. The fraction of sp³-hybridized carbons (Fsp3) is 0.929. The molecule has 0 fully saturated rings. The summed E-state index contributed by atoms with van der Waals surface area (Å²) in [5, 5.41) is 0.0448. The molecule has 6 heteroatoms. The Balaban J connectivity index is 4.72. The molecule has 20 heavy (non-hydrogen) atoms. The highest BCUT2D eigenvalue weighted by atomic mass is 28.4. The van der Waals surface area contributed by atoms with Gasteiger partial charge in [-0.15, -0.1) is 0 Å². The lowest BCUT2D eigenvalue weighted by atomic mass is 10.1. The first kappa shape index (κ1) is 19.6. The first-order chi connectivity index (χ1) is 8.74. The van der Waals surface area contributed by atoms with Crippen LogP contribution >= 0.6 is 0 Å². The summed E-state index contributed by atoms with van der Waals surface area (Å²) in [5.74, 6) is 0.286. The summed E-state index contributed by atoms with van der Waals surface area (Å²) in [6, 6.07) is -0.425.